The zero-order valence-corrected chi connectivity index (χ0v) is 8.53. The molecule has 0 radical (unpaired) electrons. The van der Waals surface area contributed by atoms with Crippen LogP contribution in [0.4, 0.5) is 0 Å². The first-order chi connectivity index (χ1) is 6.31. The number of aldehydes is 1. The fourth-order valence-corrected chi connectivity index (χ4v) is 2.14. The first-order valence-electron chi connectivity index (χ1n) is 4.14. The van der Waals surface area contributed by atoms with Crippen LogP contribution in [-0.2, 0) is 16.0 Å². The molecule has 1 aliphatic heterocycles. The number of hydrogen-bond acceptors (Lipinski definition) is 2. The number of hydrogen-bond donors (Lipinski definition) is 0. The molecule has 1 heterocycles. The van der Waals surface area contributed by atoms with Crippen molar-refractivity contribution in [2.75, 3.05) is 0 Å². The van der Waals surface area contributed by atoms with E-state index in [0.29, 0.717) is 0 Å². The van der Waals surface area contributed by atoms with Gasteiger partial charge < -0.3 is 9.53 Å². The molecule has 13 heavy (non-hydrogen) atoms. The number of alkyl halides is 1. The van der Waals surface area contributed by atoms with Gasteiger partial charge in [-0.3, -0.25) is 0 Å². The molecule has 0 bridgehead atoms. The van der Waals surface area contributed by atoms with Crippen LogP contribution in [0.25, 0.3) is 0 Å². The summed E-state index contributed by atoms with van der Waals surface area (Å²) < 4.78 is 5.41. The standard InChI is InChI=1S/C10H9BrO2/c11-10-5-7-3-1-2-4-8(7)9(6-12)13-10/h1-4,6,9-10H,5H2. The average molecular weight is 241 g/mol. The summed E-state index contributed by atoms with van der Waals surface area (Å²) in [6, 6.07) is 7.87. The van der Waals surface area contributed by atoms with Gasteiger partial charge in [0.05, 0.1) is 0 Å². The highest BCUT2D eigenvalue weighted by Gasteiger charge is 2.24. The molecule has 1 aliphatic rings. The quantitative estimate of drug-likeness (QED) is 0.556. The van der Waals surface area contributed by atoms with E-state index >= 15 is 0 Å². The van der Waals surface area contributed by atoms with Gasteiger partial charge in [-0.25, -0.2) is 0 Å². The van der Waals surface area contributed by atoms with Gasteiger partial charge in [-0.2, -0.15) is 0 Å². The number of benzene rings is 1. The maximum atomic E-state index is 10.7. The molecule has 2 nitrogen and oxygen atoms in total. The van der Waals surface area contributed by atoms with Gasteiger partial charge in [0.1, 0.15) is 11.1 Å². The molecule has 0 saturated heterocycles. The molecule has 3 heteroatoms. The fraction of sp³-hybridized carbons (Fsp3) is 0.300. The van der Waals surface area contributed by atoms with Crippen LogP contribution in [0.3, 0.4) is 0 Å². The van der Waals surface area contributed by atoms with E-state index in [0.717, 1.165) is 18.3 Å². The minimum atomic E-state index is -0.408. The maximum Gasteiger partial charge on any atom is 0.153 e. The molecule has 0 fully saturated rings. The van der Waals surface area contributed by atoms with E-state index in [4.69, 9.17) is 4.74 Å². The Hall–Kier alpha value is -0.670. The fourth-order valence-electron chi connectivity index (χ4n) is 1.56. The Balaban J connectivity index is 2.42. The SMILES string of the molecule is O=CC1OC(Br)Cc2ccccc21. The zero-order valence-electron chi connectivity index (χ0n) is 6.94. The summed E-state index contributed by atoms with van der Waals surface area (Å²) in [5.74, 6) is 0. The Kier molecular flexibility index (Phi) is 2.47. The second-order valence-corrected chi connectivity index (χ2v) is 4.03. The van der Waals surface area contributed by atoms with Crippen LogP contribution >= 0.6 is 15.9 Å². The van der Waals surface area contributed by atoms with Crippen molar-refractivity contribution in [2.45, 2.75) is 17.5 Å². The largest absolute Gasteiger partial charge is 0.351 e. The number of carbonyl (C=O) groups excluding carboxylic acids is 1. The van der Waals surface area contributed by atoms with Crippen LogP contribution in [0, 0.1) is 0 Å². The molecule has 2 unspecified atom stereocenters. The van der Waals surface area contributed by atoms with Crippen molar-refractivity contribution in [1.82, 2.24) is 0 Å². The van der Waals surface area contributed by atoms with Crippen LogP contribution in [0.15, 0.2) is 24.3 Å². The van der Waals surface area contributed by atoms with E-state index in [-0.39, 0.29) is 5.01 Å². The second-order valence-electron chi connectivity index (χ2n) is 3.01. The monoisotopic (exact) mass is 240 g/mol. The van der Waals surface area contributed by atoms with Crippen molar-refractivity contribution in [3.63, 3.8) is 0 Å². The topological polar surface area (TPSA) is 26.3 Å². The average Bonchev–Trinajstić information content (AvgIpc) is 2.16. The Morgan fingerprint density at radius 2 is 2.23 bits per heavy atom. The van der Waals surface area contributed by atoms with Crippen molar-refractivity contribution < 1.29 is 9.53 Å². The van der Waals surface area contributed by atoms with Crippen molar-refractivity contribution in [3.8, 4) is 0 Å². The highest BCUT2D eigenvalue weighted by atomic mass is 79.9. The van der Waals surface area contributed by atoms with E-state index in [9.17, 15) is 4.79 Å². The number of fused-ring (bicyclic) bond motifs is 1. The normalized spacial score (nSPS) is 26.5. The van der Waals surface area contributed by atoms with Crippen molar-refractivity contribution in [3.05, 3.63) is 35.4 Å². The smallest absolute Gasteiger partial charge is 0.153 e. The summed E-state index contributed by atoms with van der Waals surface area (Å²) in [6.07, 6.45) is 1.25. The Bertz CT molecular complexity index is 324. The van der Waals surface area contributed by atoms with Crippen molar-refractivity contribution >= 4 is 22.2 Å². The lowest BCUT2D eigenvalue weighted by molar-refractivity contribution is -0.120. The number of ether oxygens (including phenoxy) is 1. The summed E-state index contributed by atoms with van der Waals surface area (Å²) in [4.78, 5) is 10.7. The molecule has 68 valence electrons. The first kappa shape index (κ1) is 8.91. The summed E-state index contributed by atoms with van der Waals surface area (Å²) in [6.45, 7) is 0. The van der Waals surface area contributed by atoms with E-state index in [2.05, 4.69) is 15.9 Å². The number of carbonyl (C=O) groups is 1. The van der Waals surface area contributed by atoms with E-state index in [1.54, 1.807) is 0 Å². The molecule has 2 atom stereocenters. The minimum Gasteiger partial charge on any atom is -0.351 e. The third-order valence-corrected chi connectivity index (χ3v) is 2.70. The van der Waals surface area contributed by atoms with E-state index < -0.39 is 6.10 Å². The van der Waals surface area contributed by atoms with Gasteiger partial charge in [-0.15, -0.1) is 0 Å². The van der Waals surface area contributed by atoms with E-state index in [1.165, 1.54) is 5.56 Å². The molecule has 1 aromatic carbocycles. The summed E-state index contributed by atoms with van der Waals surface area (Å²) in [5, 5.41) is -0.0439. The molecular weight excluding hydrogens is 232 g/mol. The van der Waals surface area contributed by atoms with Gasteiger partial charge in [-0.1, -0.05) is 40.2 Å². The van der Waals surface area contributed by atoms with Crippen LogP contribution in [0.5, 0.6) is 0 Å². The maximum absolute atomic E-state index is 10.7. The van der Waals surface area contributed by atoms with Gasteiger partial charge in [0.2, 0.25) is 0 Å². The van der Waals surface area contributed by atoms with Gasteiger partial charge in [0.15, 0.2) is 6.29 Å². The molecule has 0 N–H and O–H groups in total. The van der Waals surface area contributed by atoms with Crippen molar-refractivity contribution in [2.24, 2.45) is 0 Å². The lowest BCUT2D eigenvalue weighted by atomic mass is 9.98. The van der Waals surface area contributed by atoms with Gasteiger partial charge in [0, 0.05) is 6.42 Å². The van der Waals surface area contributed by atoms with Crippen LogP contribution < -0.4 is 0 Å². The Morgan fingerprint density at radius 1 is 1.46 bits per heavy atom. The predicted molar refractivity (Wildman–Crippen MR) is 52.8 cm³/mol. The van der Waals surface area contributed by atoms with Gasteiger partial charge in [0.25, 0.3) is 0 Å². The van der Waals surface area contributed by atoms with Crippen LogP contribution in [0.1, 0.15) is 17.2 Å². The molecule has 0 amide bonds. The molecule has 2 rings (SSSR count). The minimum absolute atomic E-state index is 0.0439. The van der Waals surface area contributed by atoms with Gasteiger partial charge in [-0.05, 0) is 11.1 Å². The Morgan fingerprint density at radius 3 is 3.00 bits per heavy atom. The van der Waals surface area contributed by atoms with E-state index in [1.807, 2.05) is 24.3 Å². The molecule has 0 aromatic heterocycles. The molecule has 0 spiro atoms. The highest BCUT2D eigenvalue weighted by Crippen LogP contribution is 2.30. The van der Waals surface area contributed by atoms with Gasteiger partial charge >= 0.3 is 0 Å². The molecule has 0 saturated carbocycles. The lowest BCUT2D eigenvalue weighted by Crippen LogP contribution is -2.22. The molecular formula is C10H9BrO2. The molecule has 1 aromatic rings. The number of rotatable bonds is 1. The van der Waals surface area contributed by atoms with Crippen molar-refractivity contribution in [1.29, 1.82) is 0 Å². The lowest BCUT2D eigenvalue weighted by Gasteiger charge is -2.25. The Labute approximate surface area is 85.0 Å². The second kappa shape index (κ2) is 3.60. The zero-order chi connectivity index (χ0) is 9.26. The third-order valence-electron chi connectivity index (χ3n) is 2.16. The first-order valence-corrected chi connectivity index (χ1v) is 5.05. The van der Waals surface area contributed by atoms with Crippen LogP contribution in [-0.4, -0.2) is 11.3 Å². The number of halogens is 1. The third kappa shape index (κ3) is 1.67. The molecule has 0 aliphatic carbocycles. The predicted octanol–water partition coefficient (Wildman–Crippen LogP) is 2.22. The highest BCUT2D eigenvalue weighted by molar-refractivity contribution is 9.09. The van der Waals surface area contributed by atoms with Crippen LogP contribution in [0.2, 0.25) is 0 Å². The summed E-state index contributed by atoms with van der Waals surface area (Å²) >= 11 is 3.36. The summed E-state index contributed by atoms with van der Waals surface area (Å²) in [7, 11) is 0. The summed E-state index contributed by atoms with van der Waals surface area (Å²) in [5.41, 5.74) is 2.18.